The van der Waals surface area contributed by atoms with Gasteiger partial charge in [-0.25, -0.2) is 9.97 Å². The molecule has 0 atom stereocenters. The third-order valence-corrected chi connectivity index (χ3v) is 4.94. The number of aromatic nitrogens is 3. The third-order valence-electron chi connectivity index (χ3n) is 4.62. The van der Waals surface area contributed by atoms with Crippen LogP contribution in [0.3, 0.4) is 0 Å². The van der Waals surface area contributed by atoms with Crippen molar-refractivity contribution in [3.8, 4) is 11.5 Å². The average Bonchev–Trinajstić information content (AvgIpc) is 3.14. The van der Waals surface area contributed by atoms with Crippen LogP contribution in [0.25, 0.3) is 16.6 Å². The van der Waals surface area contributed by atoms with Crippen LogP contribution in [0.5, 0.6) is 11.5 Å². The van der Waals surface area contributed by atoms with Crippen molar-refractivity contribution in [1.29, 1.82) is 0 Å². The minimum Gasteiger partial charge on any atom is -0.493 e. The number of nitrogens with one attached hydrogen (secondary N) is 1. The minimum atomic E-state index is 0.432. The summed E-state index contributed by atoms with van der Waals surface area (Å²) in [6, 6.07) is 9.23. The summed E-state index contributed by atoms with van der Waals surface area (Å²) in [6.45, 7) is 1.96. The van der Waals surface area contributed by atoms with Crippen molar-refractivity contribution in [2.45, 2.75) is 6.92 Å². The first-order valence-electron chi connectivity index (χ1n) is 8.70. The number of nitrogens with zero attached hydrogens (tertiary/aromatic N) is 4. The number of rotatable bonds is 5. The van der Waals surface area contributed by atoms with E-state index in [4.69, 9.17) is 31.3 Å². The van der Waals surface area contributed by atoms with Crippen LogP contribution in [0.2, 0.25) is 5.02 Å². The van der Waals surface area contributed by atoms with Crippen LogP contribution in [0.1, 0.15) is 11.4 Å². The smallest absolute Gasteiger partial charge is 0.163 e. The highest BCUT2D eigenvalue weighted by atomic mass is 35.5. The standard InChI is InChI=1S/C20H18ClN5O3/c1-11-5-4-6-12(21)19(11)25-20-15-9-22-18(10-23-27)26(15)14-8-17(29-3)16(28-2)7-13(14)24-20/h4-10,27H,1-3H3,(H,24,25). The largest absolute Gasteiger partial charge is 0.493 e. The van der Waals surface area contributed by atoms with Crippen LogP contribution in [-0.2, 0) is 0 Å². The van der Waals surface area contributed by atoms with Crippen molar-refractivity contribution in [3.05, 3.63) is 52.9 Å². The van der Waals surface area contributed by atoms with Gasteiger partial charge >= 0.3 is 0 Å². The molecule has 0 saturated heterocycles. The number of para-hydroxylation sites is 1. The Hall–Kier alpha value is -3.52. The van der Waals surface area contributed by atoms with Crippen LogP contribution in [0.15, 0.2) is 41.7 Å². The van der Waals surface area contributed by atoms with Crippen LogP contribution >= 0.6 is 11.6 Å². The number of imidazole rings is 1. The van der Waals surface area contributed by atoms with E-state index in [9.17, 15) is 0 Å². The Morgan fingerprint density at radius 3 is 2.62 bits per heavy atom. The molecule has 2 aromatic carbocycles. The number of aryl methyl sites for hydroxylation is 1. The Kier molecular flexibility index (Phi) is 4.85. The molecule has 2 N–H and O–H groups in total. The number of fused-ring (bicyclic) bond motifs is 3. The van der Waals surface area contributed by atoms with E-state index in [0.717, 1.165) is 11.3 Å². The summed E-state index contributed by atoms with van der Waals surface area (Å²) in [5.41, 5.74) is 3.75. The van der Waals surface area contributed by atoms with E-state index in [2.05, 4.69) is 15.5 Å². The zero-order valence-electron chi connectivity index (χ0n) is 16.0. The summed E-state index contributed by atoms with van der Waals surface area (Å²) in [7, 11) is 3.13. The normalized spacial score (nSPS) is 11.4. The number of ether oxygens (including phenoxy) is 2. The van der Waals surface area contributed by atoms with E-state index in [-0.39, 0.29) is 0 Å². The molecule has 0 unspecified atom stereocenters. The average molecular weight is 412 g/mol. The van der Waals surface area contributed by atoms with Gasteiger partial charge < -0.3 is 20.0 Å². The van der Waals surface area contributed by atoms with Gasteiger partial charge in [0, 0.05) is 12.1 Å². The topological polar surface area (TPSA) is 93.3 Å². The van der Waals surface area contributed by atoms with E-state index in [1.807, 2.05) is 29.5 Å². The molecule has 0 aliphatic heterocycles. The SMILES string of the molecule is COc1cc2nc(Nc3c(C)cccc3Cl)c3cnc(C=NO)n3c2cc1OC. The number of benzene rings is 2. The molecule has 2 heterocycles. The second-order valence-electron chi connectivity index (χ2n) is 6.29. The summed E-state index contributed by atoms with van der Waals surface area (Å²) >= 11 is 6.39. The predicted molar refractivity (Wildman–Crippen MR) is 112 cm³/mol. The highest BCUT2D eigenvalue weighted by molar-refractivity contribution is 6.33. The maximum Gasteiger partial charge on any atom is 0.163 e. The molecule has 8 nitrogen and oxygen atoms in total. The Balaban J connectivity index is 2.04. The van der Waals surface area contributed by atoms with Crippen LogP contribution in [-0.4, -0.2) is 40.0 Å². The number of anilines is 2. The Morgan fingerprint density at radius 2 is 1.93 bits per heavy atom. The molecular formula is C20H18ClN5O3. The lowest BCUT2D eigenvalue weighted by Gasteiger charge is -2.15. The first kappa shape index (κ1) is 18.8. The second kappa shape index (κ2) is 7.48. The Bertz CT molecular complexity index is 1230. The zero-order chi connectivity index (χ0) is 20.5. The molecule has 0 aliphatic rings. The molecule has 0 saturated carbocycles. The zero-order valence-corrected chi connectivity index (χ0v) is 16.7. The van der Waals surface area contributed by atoms with Gasteiger partial charge in [-0.3, -0.25) is 4.40 Å². The summed E-state index contributed by atoms with van der Waals surface area (Å²) in [4.78, 5) is 9.11. The Morgan fingerprint density at radius 1 is 1.17 bits per heavy atom. The molecule has 9 heteroatoms. The van der Waals surface area contributed by atoms with Gasteiger partial charge in [0.25, 0.3) is 0 Å². The molecule has 4 rings (SSSR count). The lowest BCUT2D eigenvalue weighted by Crippen LogP contribution is -2.04. The molecule has 0 fully saturated rings. The number of oxime groups is 1. The first-order valence-corrected chi connectivity index (χ1v) is 9.08. The molecule has 2 aromatic heterocycles. The predicted octanol–water partition coefficient (Wildman–Crippen LogP) is 4.41. The highest BCUT2D eigenvalue weighted by Gasteiger charge is 2.17. The fourth-order valence-corrected chi connectivity index (χ4v) is 3.50. The molecule has 0 aliphatic carbocycles. The minimum absolute atomic E-state index is 0.432. The van der Waals surface area contributed by atoms with E-state index in [0.29, 0.717) is 44.7 Å². The molecule has 0 bridgehead atoms. The van der Waals surface area contributed by atoms with Crippen LogP contribution < -0.4 is 14.8 Å². The van der Waals surface area contributed by atoms with E-state index in [1.165, 1.54) is 6.21 Å². The maximum atomic E-state index is 9.05. The van der Waals surface area contributed by atoms with Crippen molar-refractivity contribution >= 4 is 45.9 Å². The first-order chi connectivity index (χ1) is 14.1. The molecular weight excluding hydrogens is 394 g/mol. The lowest BCUT2D eigenvalue weighted by atomic mass is 10.2. The van der Waals surface area contributed by atoms with Crippen molar-refractivity contribution in [2.24, 2.45) is 5.16 Å². The lowest BCUT2D eigenvalue weighted by molar-refractivity contribution is 0.321. The number of halogens is 1. The van der Waals surface area contributed by atoms with Crippen molar-refractivity contribution in [2.75, 3.05) is 19.5 Å². The van der Waals surface area contributed by atoms with Gasteiger partial charge in [-0.1, -0.05) is 28.9 Å². The van der Waals surface area contributed by atoms with Crippen LogP contribution in [0, 0.1) is 6.92 Å². The number of hydrogen-bond donors (Lipinski definition) is 2. The van der Waals surface area contributed by atoms with E-state index in [1.54, 1.807) is 32.5 Å². The molecule has 4 aromatic rings. The molecule has 0 radical (unpaired) electrons. The van der Waals surface area contributed by atoms with Gasteiger partial charge in [-0.15, -0.1) is 0 Å². The fourth-order valence-electron chi connectivity index (χ4n) is 3.23. The van der Waals surface area contributed by atoms with Crippen molar-refractivity contribution in [1.82, 2.24) is 14.4 Å². The number of hydrogen-bond acceptors (Lipinski definition) is 7. The highest BCUT2D eigenvalue weighted by Crippen LogP contribution is 2.35. The monoisotopic (exact) mass is 411 g/mol. The Labute approximate surface area is 171 Å². The summed E-state index contributed by atoms with van der Waals surface area (Å²) < 4.78 is 12.7. The summed E-state index contributed by atoms with van der Waals surface area (Å²) in [5, 5.41) is 16.1. The van der Waals surface area contributed by atoms with Crippen molar-refractivity contribution < 1.29 is 14.7 Å². The molecule has 148 valence electrons. The second-order valence-corrected chi connectivity index (χ2v) is 6.70. The quantitative estimate of drug-likeness (QED) is 0.287. The maximum absolute atomic E-state index is 9.05. The van der Waals surface area contributed by atoms with Gasteiger partial charge in [-0.2, -0.15) is 0 Å². The fraction of sp³-hybridized carbons (Fsp3) is 0.150. The van der Waals surface area contributed by atoms with E-state index < -0.39 is 0 Å². The molecule has 0 spiro atoms. The molecule has 29 heavy (non-hydrogen) atoms. The van der Waals surface area contributed by atoms with Crippen LogP contribution in [0.4, 0.5) is 11.5 Å². The van der Waals surface area contributed by atoms with E-state index >= 15 is 0 Å². The van der Waals surface area contributed by atoms with Gasteiger partial charge in [0.2, 0.25) is 0 Å². The van der Waals surface area contributed by atoms with Gasteiger partial charge in [0.15, 0.2) is 23.1 Å². The summed E-state index contributed by atoms with van der Waals surface area (Å²) in [6.07, 6.45) is 2.91. The van der Waals surface area contributed by atoms with Gasteiger partial charge in [0.05, 0.1) is 42.2 Å². The van der Waals surface area contributed by atoms with Gasteiger partial charge in [-0.05, 0) is 18.6 Å². The number of methoxy groups -OCH3 is 2. The molecule has 0 amide bonds. The van der Waals surface area contributed by atoms with Gasteiger partial charge in [0.1, 0.15) is 11.7 Å². The van der Waals surface area contributed by atoms with Crippen molar-refractivity contribution in [3.63, 3.8) is 0 Å². The third kappa shape index (κ3) is 3.17. The summed E-state index contributed by atoms with van der Waals surface area (Å²) in [5.74, 6) is 2.07.